The highest BCUT2D eigenvalue weighted by molar-refractivity contribution is 7.92. The summed E-state index contributed by atoms with van der Waals surface area (Å²) in [4.78, 5) is 22.7. The number of anilines is 2. The van der Waals surface area contributed by atoms with Gasteiger partial charge in [-0.2, -0.15) is 4.98 Å². The number of hydrogen-bond donors (Lipinski definition) is 1. The molecule has 4 rings (SSSR count). The van der Waals surface area contributed by atoms with Crippen LogP contribution in [0.4, 0.5) is 11.8 Å². The van der Waals surface area contributed by atoms with Crippen molar-refractivity contribution in [3.8, 4) is 17.2 Å². The molecule has 10 nitrogen and oxygen atoms in total. The van der Waals surface area contributed by atoms with E-state index in [1.54, 1.807) is 29.2 Å². The lowest BCUT2D eigenvalue weighted by Crippen LogP contribution is -2.37. The number of nitrogens with zero attached hydrogens (tertiary/aromatic N) is 3. The highest BCUT2D eigenvalue weighted by Crippen LogP contribution is 2.38. The topological polar surface area (TPSA) is 120 Å². The van der Waals surface area contributed by atoms with Crippen molar-refractivity contribution in [3.05, 3.63) is 58.7 Å². The second-order valence-corrected chi connectivity index (χ2v) is 11.7. The molecule has 1 N–H and O–H groups in total. The molecule has 0 amide bonds. The first kappa shape index (κ1) is 27.6. The molecule has 1 fully saturated rings. The van der Waals surface area contributed by atoms with Gasteiger partial charge in [-0.15, -0.1) is 0 Å². The number of ether oxygens (including phenoxy) is 3. The third-order valence-electron chi connectivity index (χ3n) is 5.90. The number of benzene rings is 2. The normalized spacial score (nSPS) is 14.2. The molecule has 0 atom stereocenters. The van der Waals surface area contributed by atoms with E-state index in [1.807, 2.05) is 20.8 Å². The molecule has 1 aromatic heterocycles. The molecular weight excluding hydrogens is 532 g/mol. The van der Waals surface area contributed by atoms with E-state index in [0.717, 1.165) is 5.56 Å². The first-order valence-corrected chi connectivity index (χ1v) is 13.7. The molecule has 0 spiro atoms. The first-order valence-electron chi connectivity index (χ1n) is 11.9. The number of aromatic nitrogens is 2. The third-order valence-corrected chi connectivity index (χ3v) is 7.56. The van der Waals surface area contributed by atoms with Crippen LogP contribution in [0.1, 0.15) is 36.8 Å². The van der Waals surface area contributed by atoms with Gasteiger partial charge in [0.05, 0.1) is 30.2 Å². The fourth-order valence-corrected chi connectivity index (χ4v) is 4.89. The van der Waals surface area contributed by atoms with Crippen molar-refractivity contribution in [2.24, 2.45) is 0 Å². The van der Waals surface area contributed by atoms with Crippen LogP contribution in [0.15, 0.2) is 47.4 Å². The standard InChI is InChI=1S/C26H29ClN4O6S/c1-26(2,3)17-5-8-19(9-6-17)38(33,34)30-24-23(37-22-15-18(35-4)7-10-20(22)27)21(16-32)28-25(29-24)31-11-13-36-14-12-31/h5-10,15-16H,11-14H2,1-4H3,(H,28,29,30). The monoisotopic (exact) mass is 560 g/mol. The molecule has 0 bridgehead atoms. The second kappa shape index (κ2) is 11.1. The number of hydrogen-bond acceptors (Lipinski definition) is 9. The lowest BCUT2D eigenvalue weighted by atomic mass is 9.87. The first-order chi connectivity index (χ1) is 18.0. The zero-order valence-electron chi connectivity index (χ0n) is 21.5. The van der Waals surface area contributed by atoms with E-state index in [-0.39, 0.29) is 44.3 Å². The zero-order chi connectivity index (χ0) is 27.5. The van der Waals surface area contributed by atoms with Crippen molar-refractivity contribution in [1.29, 1.82) is 0 Å². The Labute approximate surface area is 227 Å². The molecule has 0 saturated carbocycles. The molecule has 38 heavy (non-hydrogen) atoms. The van der Waals surface area contributed by atoms with Gasteiger partial charge in [0.1, 0.15) is 11.5 Å². The van der Waals surface area contributed by atoms with Crippen molar-refractivity contribution < 1.29 is 27.4 Å². The SMILES string of the molecule is COc1ccc(Cl)c(Oc2c(C=O)nc(N3CCOCC3)nc2NS(=O)(=O)c2ccc(C(C)(C)C)cc2)c1. The Bertz CT molecular complexity index is 1420. The van der Waals surface area contributed by atoms with Crippen molar-refractivity contribution >= 4 is 39.7 Å². The van der Waals surface area contributed by atoms with E-state index in [2.05, 4.69) is 14.7 Å². The van der Waals surface area contributed by atoms with Crippen molar-refractivity contribution in [2.75, 3.05) is 43.0 Å². The second-order valence-electron chi connectivity index (χ2n) is 9.58. The summed E-state index contributed by atoms with van der Waals surface area (Å²) in [5, 5.41) is 0.214. The largest absolute Gasteiger partial charge is 0.497 e. The Hall–Kier alpha value is -3.41. The predicted octanol–water partition coefficient (Wildman–Crippen LogP) is 4.68. The molecule has 1 aliphatic heterocycles. The highest BCUT2D eigenvalue weighted by atomic mass is 35.5. The Morgan fingerprint density at radius 3 is 2.37 bits per heavy atom. The van der Waals surface area contributed by atoms with E-state index in [4.69, 9.17) is 25.8 Å². The van der Waals surface area contributed by atoms with Gasteiger partial charge in [-0.3, -0.25) is 9.52 Å². The number of methoxy groups -OCH3 is 1. The van der Waals surface area contributed by atoms with Gasteiger partial charge in [0.2, 0.25) is 5.95 Å². The van der Waals surface area contributed by atoms with Crippen LogP contribution in [0.3, 0.4) is 0 Å². The Kier molecular flexibility index (Phi) is 8.10. The Morgan fingerprint density at radius 1 is 1.08 bits per heavy atom. The smallest absolute Gasteiger partial charge is 0.263 e. The van der Waals surface area contributed by atoms with E-state index >= 15 is 0 Å². The van der Waals surface area contributed by atoms with Crippen LogP contribution in [0, 0.1) is 0 Å². The van der Waals surface area contributed by atoms with Gasteiger partial charge >= 0.3 is 0 Å². The number of morpholine rings is 1. The number of halogens is 1. The summed E-state index contributed by atoms with van der Waals surface area (Å²) in [7, 11) is -2.64. The molecule has 2 heterocycles. The number of carbonyl (C=O) groups excluding carboxylic acids is 1. The van der Waals surface area contributed by atoms with Crippen LogP contribution in [-0.2, 0) is 20.2 Å². The average Bonchev–Trinajstić information content (AvgIpc) is 2.90. The molecular formula is C26H29ClN4O6S. The average molecular weight is 561 g/mol. The molecule has 202 valence electrons. The van der Waals surface area contributed by atoms with Gasteiger partial charge in [-0.05, 0) is 35.2 Å². The third kappa shape index (κ3) is 6.17. The van der Waals surface area contributed by atoms with Crippen LogP contribution in [0.2, 0.25) is 5.02 Å². The van der Waals surface area contributed by atoms with Crippen LogP contribution < -0.4 is 19.1 Å². The van der Waals surface area contributed by atoms with E-state index in [1.165, 1.54) is 25.3 Å². The molecule has 0 radical (unpaired) electrons. The predicted molar refractivity (Wildman–Crippen MR) is 144 cm³/mol. The quantitative estimate of drug-likeness (QED) is 0.391. The van der Waals surface area contributed by atoms with Gasteiger partial charge in [-0.1, -0.05) is 44.5 Å². The summed E-state index contributed by atoms with van der Waals surface area (Å²) in [5.74, 6) is 0.348. The summed E-state index contributed by atoms with van der Waals surface area (Å²) >= 11 is 6.31. The Balaban J connectivity index is 1.79. The van der Waals surface area contributed by atoms with Crippen LogP contribution in [0.5, 0.6) is 17.2 Å². The summed E-state index contributed by atoms with van der Waals surface area (Å²) in [6, 6.07) is 11.3. The molecule has 0 unspecified atom stereocenters. The van der Waals surface area contributed by atoms with E-state index < -0.39 is 10.0 Å². The molecule has 3 aromatic rings. The molecule has 0 aliphatic carbocycles. The van der Waals surface area contributed by atoms with Crippen molar-refractivity contribution in [1.82, 2.24) is 9.97 Å². The van der Waals surface area contributed by atoms with E-state index in [9.17, 15) is 13.2 Å². The fraction of sp³-hybridized carbons (Fsp3) is 0.346. The Morgan fingerprint density at radius 2 is 1.76 bits per heavy atom. The minimum absolute atomic E-state index is 0.0232. The van der Waals surface area contributed by atoms with Crippen LogP contribution >= 0.6 is 11.6 Å². The van der Waals surface area contributed by atoms with E-state index in [0.29, 0.717) is 38.3 Å². The lowest BCUT2D eigenvalue weighted by molar-refractivity contribution is 0.111. The summed E-state index contributed by atoms with van der Waals surface area (Å²) in [5.41, 5.74) is 0.680. The minimum atomic E-state index is -4.12. The summed E-state index contributed by atoms with van der Waals surface area (Å²) < 4.78 is 45.9. The maximum absolute atomic E-state index is 13.4. The van der Waals surface area contributed by atoms with Gasteiger partial charge in [0.15, 0.2) is 23.5 Å². The molecule has 1 saturated heterocycles. The number of aldehydes is 1. The number of sulfonamides is 1. The fourth-order valence-electron chi connectivity index (χ4n) is 3.73. The van der Waals surface area contributed by atoms with Gasteiger partial charge in [-0.25, -0.2) is 13.4 Å². The molecule has 1 aliphatic rings. The van der Waals surface area contributed by atoms with Gasteiger partial charge in [0.25, 0.3) is 10.0 Å². The summed E-state index contributed by atoms with van der Waals surface area (Å²) in [6.45, 7) is 7.95. The maximum Gasteiger partial charge on any atom is 0.263 e. The van der Waals surface area contributed by atoms with Crippen molar-refractivity contribution in [2.45, 2.75) is 31.1 Å². The number of carbonyl (C=O) groups is 1. The number of nitrogens with one attached hydrogen (secondary N) is 1. The van der Waals surface area contributed by atoms with Gasteiger partial charge < -0.3 is 19.1 Å². The van der Waals surface area contributed by atoms with Crippen molar-refractivity contribution in [3.63, 3.8) is 0 Å². The minimum Gasteiger partial charge on any atom is -0.497 e. The highest BCUT2D eigenvalue weighted by Gasteiger charge is 2.26. The maximum atomic E-state index is 13.4. The molecule has 2 aromatic carbocycles. The number of rotatable bonds is 8. The lowest BCUT2D eigenvalue weighted by Gasteiger charge is -2.27. The van der Waals surface area contributed by atoms with Crippen LogP contribution in [0.25, 0.3) is 0 Å². The van der Waals surface area contributed by atoms with Crippen LogP contribution in [-0.4, -0.2) is 58.1 Å². The summed E-state index contributed by atoms with van der Waals surface area (Å²) in [6.07, 6.45) is 0.477. The zero-order valence-corrected chi connectivity index (χ0v) is 23.1. The molecule has 12 heteroatoms. The van der Waals surface area contributed by atoms with Gasteiger partial charge in [0, 0.05) is 19.2 Å².